The minimum Gasteiger partial charge on any atom is -0.357 e. The number of nitrogens with zero attached hydrogens (tertiary/aromatic N) is 5. The Kier molecular flexibility index (Phi) is 9.26. The molecule has 1 aromatic heterocycles. The highest BCUT2D eigenvalue weighted by Crippen LogP contribution is 2.42. The zero-order chi connectivity index (χ0) is 19.9. The van der Waals surface area contributed by atoms with Crippen LogP contribution < -0.4 is 5.32 Å². The van der Waals surface area contributed by atoms with Gasteiger partial charge in [-0.2, -0.15) is 0 Å². The molecule has 0 aromatic carbocycles. The number of aromatic nitrogens is 3. The summed E-state index contributed by atoms with van der Waals surface area (Å²) < 4.78 is 2.36. The largest absolute Gasteiger partial charge is 0.357 e. The van der Waals surface area contributed by atoms with Gasteiger partial charge in [-0.15, -0.1) is 34.2 Å². The molecule has 1 N–H and O–H groups in total. The van der Waals surface area contributed by atoms with Crippen molar-refractivity contribution in [3.63, 3.8) is 0 Å². The number of halogens is 1. The Balaban J connectivity index is 0.00000256. The van der Waals surface area contributed by atoms with Crippen molar-refractivity contribution in [2.24, 2.45) is 10.4 Å². The molecule has 170 valence electrons. The third-order valence-electron chi connectivity index (χ3n) is 7.24. The molecule has 1 aromatic rings. The summed E-state index contributed by atoms with van der Waals surface area (Å²) in [6, 6.07) is 0. The monoisotopic (exact) mass is 528 g/mol. The number of aryl methyl sites for hydroxylation is 1. The molecule has 0 atom stereocenters. The average molecular weight is 529 g/mol. The number of fused-ring (bicyclic) bond motifs is 1. The van der Waals surface area contributed by atoms with Crippen LogP contribution in [0.1, 0.15) is 89.2 Å². The lowest BCUT2D eigenvalue weighted by Crippen LogP contribution is -2.50. The third-order valence-corrected chi connectivity index (χ3v) is 7.24. The molecule has 1 saturated carbocycles. The number of rotatable bonds is 4. The number of hydrogen-bond donors (Lipinski definition) is 1. The van der Waals surface area contributed by atoms with Crippen molar-refractivity contribution in [1.82, 2.24) is 25.0 Å². The first kappa shape index (κ1) is 23.8. The van der Waals surface area contributed by atoms with Gasteiger partial charge < -0.3 is 14.8 Å². The fourth-order valence-electron chi connectivity index (χ4n) is 5.69. The molecule has 0 radical (unpaired) electrons. The number of aliphatic imine (C=N–C) groups is 1. The lowest BCUT2D eigenvalue weighted by Gasteiger charge is -2.44. The normalized spacial score (nSPS) is 22.0. The highest BCUT2D eigenvalue weighted by atomic mass is 127. The highest BCUT2D eigenvalue weighted by molar-refractivity contribution is 14.0. The van der Waals surface area contributed by atoms with Crippen molar-refractivity contribution >= 4 is 29.9 Å². The first-order valence-electron chi connectivity index (χ1n) is 12.2. The number of guanidine groups is 1. The lowest BCUT2D eigenvalue weighted by atomic mass is 9.74. The van der Waals surface area contributed by atoms with Crippen LogP contribution in [-0.4, -0.2) is 51.8 Å². The molecule has 0 unspecified atom stereocenters. The molecule has 2 aliphatic heterocycles. The first-order chi connectivity index (χ1) is 14.3. The van der Waals surface area contributed by atoms with Gasteiger partial charge in [-0.1, -0.05) is 32.1 Å². The fraction of sp³-hybridized carbons (Fsp3) is 0.870. The summed E-state index contributed by atoms with van der Waals surface area (Å²) in [5, 5.41) is 12.5. The average Bonchev–Trinajstić information content (AvgIpc) is 2.90. The highest BCUT2D eigenvalue weighted by Gasteiger charge is 2.36. The molecule has 4 rings (SSSR count). The SMILES string of the molecule is CCNC(=NCCc1nnc2n1CCCCC2)N1CCCC2(CCCCCC2)C1.I. The summed E-state index contributed by atoms with van der Waals surface area (Å²) in [4.78, 5) is 7.59. The molecular weight excluding hydrogens is 487 g/mol. The van der Waals surface area contributed by atoms with Gasteiger partial charge in [-0.3, -0.25) is 4.99 Å². The van der Waals surface area contributed by atoms with Crippen molar-refractivity contribution in [2.45, 2.75) is 96.9 Å². The molecule has 3 heterocycles. The number of likely N-dealkylation sites (tertiary alicyclic amines) is 1. The Bertz CT molecular complexity index is 677. The van der Waals surface area contributed by atoms with Crippen molar-refractivity contribution in [2.75, 3.05) is 26.2 Å². The van der Waals surface area contributed by atoms with E-state index in [9.17, 15) is 0 Å². The summed E-state index contributed by atoms with van der Waals surface area (Å²) >= 11 is 0. The van der Waals surface area contributed by atoms with Crippen LogP contribution in [0.25, 0.3) is 0 Å². The predicted octanol–water partition coefficient (Wildman–Crippen LogP) is 4.57. The Morgan fingerprint density at radius 1 is 0.967 bits per heavy atom. The standard InChI is InChI=1S/C23H40N6.HI/c1-2-24-22(28-17-10-15-23(19-28)13-7-3-4-8-14-23)25-16-12-21-27-26-20-11-6-5-9-18-29(20)21;/h2-19H2,1H3,(H,24,25);1H. The molecule has 1 spiro atoms. The van der Waals surface area contributed by atoms with Crippen molar-refractivity contribution in [1.29, 1.82) is 0 Å². The van der Waals surface area contributed by atoms with Crippen LogP contribution in [0.3, 0.4) is 0 Å². The van der Waals surface area contributed by atoms with E-state index in [4.69, 9.17) is 4.99 Å². The molecule has 0 bridgehead atoms. The summed E-state index contributed by atoms with van der Waals surface area (Å²) in [6.45, 7) is 7.33. The maximum absolute atomic E-state index is 5.04. The minimum absolute atomic E-state index is 0. The molecule has 3 aliphatic rings. The van der Waals surface area contributed by atoms with Crippen LogP contribution in [0.15, 0.2) is 4.99 Å². The summed E-state index contributed by atoms with van der Waals surface area (Å²) in [7, 11) is 0. The molecule has 1 aliphatic carbocycles. The van der Waals surface area contributed by atoms with Crippen molar-refractivity contribution < 1.29 is 0 Å². The van der Waals surface area contributed by atoms with E-state index in [-0.39, 0.29) is 24.0 Å². The molecule has 0 amide bonds. The molecule has 6 nitrogen and oxygen atoms in total. The maximum Gasteiger partial charge on any atom is 0.193 e. The molecule has 30 heavy (non-hydrogen) atoms. The van der Waals surface area contributed by atoms with E-state index in [0.717, 1.165) is 50.8 Å². The van der Waals surface area contributed by atoms with Crippen molar-refractivity contribution in [3.05, 3.63) is 11.6 Å². The first-order valence-corrected chi connectivity index (χ1v) is 12.2. The van der Waals surface area contributed by atoms with Crippen molar-refractivity contribution in [3.8, 4) is 0 Å². The van der Waals surface area contributed by atoms with Gasteiger partial charge in [0.25, 0.3) is 0 Å². The lowest BCUT2D eigenvalue weighted by molar-refractivity contribution is 0.115. The molecule has 7 heteroatoms. The number of hydrogen-bond acceptors (Lipinski definition) is 3. The van der Waals surface area contributed by atoms with E-state index in [1.54, 1.807) is 0 Å². The van der Waals surface area contributed by atoms with Crippen LogP contribution in [0.5, 0.6) is 0 Å². The zero-order valence-electron chi connectivity index (χ0n) is 18.9. The van der Waals surface area contributed by atoms with Gasteiger partial charge in [0, 0.05) is 45.6 Å². The minimum atomic E-state index is 0. The Morgan fingerprint density at radius 2 is 1.73 bits per heavy atom. The van der Waals surface area contributed by atoms with Gasteiger partial charge in [0.05, 0.1) is 0 Å². The van der Waals surface area contributed by atoms with E-state index < -0.39 is 0 Å². The Labute approximate surface area is 199 Å². The van der Waals surface area contributed by atoms with E-state index >= 15 is 0 Å². The van der Waals surface area contributed by atoms with Gasteiger partial charge in [0.15, 0.2) is 5.96 Å². The quantitative estimate of drug-likeness (QED) is 0.354. The maximum atomic E-state index is 5.04. The van der Waals surface area contributed by atoms with E-state index in [1.807, 2.05) is 0 Å². The van der Waals surface area contributed by atoms with Gasteiger partial charge in [0.1, 0.15) is 11.6 Å². The Hall–Kier alpha value is -0.860. The van der Waals surface area contributed by atoms with E-state index in [1.165, 1.54) is 83.0 Å². The van der Waals surface area contributed by atoms with Gasteiger partial charge in [-0.25, -0.2) is 0 Å². The van der Waals surface area contributed by atoms with Gasteiger partial charge in [-0.05, 0) is 50.9 Å². The van der Waals surface area contributed by atoms with Crippen LogP contribution in [-0.2, 0) is 19.4 Å². The topological polar surface area (TPSA) is 58.3 Å². The smallest absolute Gasteiger partial charge is 0.193 e. The zero-order valence-corrected chi connectivity index (χ0v) is 21.2. The third kappa shape index (κ3) is 5.88. The van der Waals surface area contributed by atoms with Crippen LogP contribution in [0.4, 0.5) is 0 Å². The van der Waals surface area contributed by atoms with E-state index in [2.05, 4.69) is 31.9 Å². The van der Waals surface area contributed by atoms with Crippen LogP contribution >= 0.6 is 24.0 Å². The second-order valence-electron chi connectivity index (χ2n) is 9.42. The second-order valence-corrected chi connectivity index (χ2v) is 9.42. The summed E-state index contributed by atoms with van der Waals surface area (Å²) in [5.41, 5.74) is 0.537. The molecular formula is C23H41IN6. The summed E-state index contributed by atoms with van der Waals surface area (Å²) in [6.07, 6.45) is 17.0. The Morgan fingerprint density at radius 3 is 2.53 bits per heavy atom. The van der Waals surface area contributed by atoms with Gasteiger partial charge in [0.2, 0.25) is 0 Å². The second kappa shape index (κ2) is 11.7. The fourth-order valence-corrected chi connectivity index (χ4v) is 5.69. The van der Waals surface area contributed by atoms with Crippen LogP contribution in [0, 0.1) is 5.41 Å². The van der Waals surface area contributed by atoms with Gasteiger partial charge >= 0.3 is 0 Å². The van der Waals surface area contributed by atoms with E-state index in [0.29, 0.717) is 5.41 Å². The number of piperidine rings is 1. The molecule has 2 fully saturated rings. The number of nitrogens with one attached hydrogen (secondary N) is 1. The van der Waals surface area contributed by atoms with Crippen LogP contribution in [0.2, 0.25) is 0 Å². The molecule has 1 saturated heterocycles. The predicted molar refractivity (Wildman–Crippen MR) is 134 cm³/mol. The summed E-state index contributed by atoms with van der Waals surface area (Å²) in [5.74, 6) is 3.42.